The number of nitriles is 1. The molecule has 0 saturated heterocycles. The third kappa shape index (κ3) is 2.33. The molecule has 1 atom stereocenters. The molecule has 0 amide bonds. The van der Waals surface area contributed by atoms with Gasteiger partial charge in [-0.05, 0) is 36.0 Å². The molecule has 1 aliphatic rings. The van der Waals surface area contributed by atoms with Crippen LogP contribution in [-0.2, 0) is 0 Å². The van der Waals surface area contributed by atoms with Gasteiger partial charge in [-0.3, -0.25) is 0 Å². The summed E-state index contributed by atoms with van der Waals surface area (Å²) in [6, 6.07) is 6.30. The van der Waals surface area contributed by atoms with Gasteiger partial charge in [0.1, 0.15) is 5.82 Å². The Bertz CT molecular complexity index is 446. The molecule has 0 bridgehead atoms. The van der Waals surface area contributed by atoms with E-state index in [4.69, 9.17) is 5.26 Å². The van der Waals surface area contributed by atoms with Crippen LogP contribution in [0.25, 0.3) is 0 Å². The number of hydrogen-bond acceptors (Lipinski definition) is 2. The first-order valence-corrected chi connectivity index (χ1v) is 5.46. The van der Waals surface area contributed by atoms with Crippen LogP contribution in [-0.4, -0.2) is 6.54 Å². The van der Waals surface area contributed by atoms with Crippen molar-refractivity contribution in [1.29, 1.82) is 5.26 Å². The topological polar surface area (TPSA) is 35.8 Å². The van der Waals surface area contributed by atoms with E-state index in [9.17, 15) is 4.39 Å². The SMILES string of the molecule is CC1(C)CC1CNc1cc(F)cc(C#N)c1. The van der Waals surface area contributed by atoms with Gasteiger partial charge in [0.05, 0.1) is 11.6 Å². The van der Waals surface area contributed by atoms with Crippen molar-refractivity contribution in [1.82, 2.24) is 0 Å². The summed E-state index contributed by atoms with van der Waals surface area (Å²) in [5, 5.41) is 11.9. The largest absolute Gasteiger partial charge is 0.385 e. The minimum Gasteiger partial charge on any atom is -0.385 e. The van der Waals surface area contributed by atoms with Crippen LogP contribution in [0.4, 0.5) is 10.1 Å². The normalized spacial score (nSPS) is 21.2. The zero-order valence-corrected chi connectivity index (χ0v) is 9.55. The Morgan fingerprint density at radius 3 is 2.75 bits per heavy atom. The fourth-order valence-electron chi connectivity index (χ4n) is 1.92. The van der Waals surface area contributed by atoms with Crippen LogP contribution in [0.5, 0.6) is 0 Å². The van der Waals surface area contributed by atoms with E-state index in [1.165, 1.54) is 18.6 Å². The predicted molar refractivity (Wildman–Crippen MR) is 61.5 cm³/mol. The number of rotatable bonds is 3. The summed E-state index contributed by atoms with van der Waals surface area (Å²) in [6.45, 7) is 5.30. The Kier molecular flexibility index (Phi) is 2.59. The van der Waals surface area contributed by atoms with Gasteiger partial charge in [0.25, 0.3) is 0 Å². The molecule has 2 rings (SSSR count). The zero-order valence-electron chi connectivity index (χ0n) is 9.55. The maximum absolute atomic E-state index is 13.1. The molecule has 1 saturated carbocycles. The first kappa shape index (κ1) is 10.9. The maximum Gasteiger partial charge on any atom is 0.126 e. The van der Waals surface area contributed by atoms with E-state index in [0.717, 1.165) is 6.54 Å². The number of benzene rings is 1. The van der Waals surface area contributed by atoms with E-state index in [1.54, 1.807) is 6.07 Å². The van der Waals surface area contributed by atoms with Gasteiger partial charge in [-0.2, -0.15) is 5.26 Å². The van der Waals surface area contributed by atoms with Crippen molar-refractivity contribution >= 4 is 5.69 Å². The second kappa shape index (κ2) is 3.79. The minimum atomic E-state index is -0.364. The van der Waals surface area contributed by atoms with Crippen molar-refractivity contribution in [2.45, 2.75) is 20.3 Å². The molecule has 2 nitrogen and oxygen atoms in total. The Balaban J connectivity index is 2.00. The summed E-state index contributed by atoms with van der Waals surface area (Å²) in [4.78, 5) is 0. The summed E-state index contributed by atoms with van der Waals surface area (Å²) < 4.78 is 13.1. The highest BCUT2D eigenvalue weighted by molar-refractivity contribution is 5.49. The third-order valence-electron chi connectivity index (χ3n) is 3.30. The highest BCUT2D eigenvalue weighted by atomic mass is 19.1. The van der Waals surface area contributed by atoms with Crippen molar-refractivity contribution in [3.05, 3.63) is 29.6 Å². The molecule has 0 heterocycles. The van der Waals surface area contributed by atoms with Gasteiger partial charge in [0, 0.05) is 12.2 Å². The Hall–Kier alpha value is -1.56. The van der Waals surface area contributed by atoms with Crippen LogP contribution in [0, 0.1) is 28.5 Å². The molecule has 0 aromatic heterocycles. The van der Waals surface area contributed by atoms with Crippen LogP contribution >= 0.6 is 0 Å². The van der Waals surface area contributed by atoms with Gasteiger partial charge >= 0.3 is 0 Å². The molecule has 0 radical (unpaired) electrons. The number of nitrogens with one attached hydrogen (secondary N) is 1. The van der Waals surface area contributed by atoms with Crippen molar-refractivity contribution < 1.29 is 4.39 Å². The fourth-order valence-corrected chi connectivity index (χ4v) is 1.92. The molecule has 0 spiro atoms. The highest BCUT2D eigenvalue weighted by Crippen LogP contribution is 2.51. The second-order valence-electron chi connectivity index (χ2n) is 5.11. The van der Waals surface area contributed by atoms with E-state index in [-0.39, 0.29) is 5.82 Å². The maximum atomic E-state index is 13.1. The average Bonchev–Trinajstić information content (AvgIpc) is 2.83. The van der Waals surface area contributed by atoms with Crippen LogP contribution in [0.15, 0.2) is 18.2 Å². The van der Waals surface area contributed by atoms with Crippen LogP contribution in [0.2, 0.25) is 0 Å². The van der Waals surface area contributed by atoms with Crippen LogP contribution in [0.3, 0.4) is 0 Å². The molecule has 1 aromatic carbocycles. The fraction of sp³-hybridized carbons (Fsp3) is 0.462. The van der Waals surface area contributed by atoms with Crippen LogP contribution in [0.1, 0.15) is 25.8 Å². The summed E-state index contributed by atoms with van der Waals surface area (Å²) in [6.07, 6.45) is 1.21. The number of hydrogen-bond donors (Lipinski definition) is 1. The molecule has 3 heteroatoms. The Morgan fingerprint density at radius 2 is 2.19 bits per heavy atom. The molecular weight excluding hydrogens is 203 g/mol. The molecule has 1 fully saturated rings. The summed E-state index contributed by atoms with van der Waals surface area (Å²) in [7, 11) is 0. The average molecular weight is 218 g/mol. The number of halogens is 1. The Morgan fingerprint density at radius 1 is 1.50 bits per heavy atom. The van der Waals surface area contributed by atoms with E-state index in [1.807, 2.05) is 6.07 Å². The van der Waals surface area contributed by atoms with Gasteiger partial charge in [0.2, 0.25) is 0 Å². The smallest absolute Gasteiger partial charge is 0.126 e. The monoisotopic (exact) mass is 218 g/mol. The van der Waals surface area contributed by atoms with Gasteiger partial charge in [0.15, 0.2) is 0 Å². The second-order valence-corrected chi connectivity index (χ2v) is 5.11. The standard InChI is InChI=1S/C13H15FN2/c1-13(2)6-10(13)8-16-12-4-9(7-15)3-11(14)5-12/h3-5,10,16H,6,8H2,1-2H3. The summed E-state index contributed by atoms with van der Waals surface area (Å²) >= 11 is 0. The third-order valence-corrected chi connectivity index (χ3v) is 3.30. The molecule has 0 aliphatic heterocycles. The van der Waals surface area contributed by atoms with Crippen molar-refractivity contribution in [2.75, 3.05) is 11.9 Å². The molecule has 1 N–H and O–H groups in total. The predicted octanol–water partition coefficient (Wildman–Crippen LogP) is 3.16. The quantitative estimate of drug-likeness (QED) is 0.845. The molecule has 1 aliphatic carbocycles. The van der Waals surface area contributed by atoms with Crippen LogP contribution < -0.4 is 5.32 Å². The molecule has 1 aromatic rings. The number of nitrogens with zero attached hydrogens (tertiary/aromatic N) is 1. The van der Waals surface area contributed by atoms with E-state index in [2.05, 4.69) is 19.2 Å². The summed E-state index contributed by atoms with van der Waals surface area (Å²) in [5.41, 5.74) is 1.47. The minimum absolute atomic E-state index is 0.359. The van der Waals surface area contributed by atoms with E-state index >= 15 is 0 Å². The molecule has 1 unspecified atom stereocenters. The van der Waals surface area contributed by atoms with Crippen molar-refractivity contribution in [3.63, 3.8) is 0 Å². The van der Waals surface area contributed by atoms with Gasteiger partial charge < -0.3 is 5.32 Å². The lowest BCUT2D eigenvalue weighted by Crippen LogP contribution is -2.07. The lowest BCUT2D eigenvalue weighted by atomic mass is 10.1. The highest BCUT2D eigenvalue weighted by Gasteiger charge is 2.44. The van der Waals surface area contributed by atoms with E-state index < -0.39 is 0 Å². The van der Waals surface area contributed by atoms with Gasteiger partial charge in [-0.15, -0.1) is 0 Å². The van der Waals surface area contributed by atoms with Crippen molar-refractivity contribution in [3.8, 4) is 6.07 Å². The van der Waals surface area contributed by atoms with E-state index in [0.29, 0.717) is 22.6 Å². The summed E-state index contributed by atoms with van der Waals surface area (Å²) in [5.74, 6) is 0.290. The van der Waals surface area contributed by atoms with Gasteiger partial charge in [-0.1, -0.05) is 13.8 Å². The zero-order chi connectivity index (χ0) is 11.8. The van der Waals surface area contributed by atoms with Crippen molar-refractivity contribution in [2.24, 2.45) is 11.3 Å². The van der Waals surface area contributed by atoms with Gasteiger partial charge in [-0.25, -0.2) is 4.39 Å². The molecule has 16 heavy (non-hydrogen) atoms. The lowest BCUT2D eigenvalue weighted by molar-refractivity contribution is 0.573. The first-order chi connectivity index (χ1) is 7.51. The lowest BCUT2D eigenvalue weighted by Gasteiger charge is -2.08. The number of anilines is 1. The first-order valence-electron chi connectivity index (χ1n) is 5.46. The molecular formula is C13H15FN2. The molecule has 84 valence electrons. The Labute approximate surface area is 95.1 Å².